The van der Waals surface area contributed by atoms with Crippen LogP contribution in [0, 0.1) is 0 Å². The highest BCUT2D eigenvalue weighted by Crippen LogP contribution is 2.17. The van der Waals surface area contributed by atoms with Gasteiger partial charge in [0.05, 0.1) is 6.61 Å². The van der Waals surface area contributed by atoms with Crippen molar-refractivity contribution in [3.8, 4) is 0 Å². The van der Waals surface area contributed by atoms with Crippen molar-refractivity contribution in [3.63, 3.8) is 0 Å². The number of nitrogen functional groups attached to an aromatic ring is 1. The number of aliphatic hydroxyl groups is 1. The highest BCUT2D eigenvalue weighted by Gasteiger charge is 2.00. The molecule has 0 atom stereocenters. The van der Waals surface area contributed by atoms with Crippen molar-refractivity contribution in [1.82, 2.24) is 9.97 Å². The van der Waals surface area contributed by atoms with Crippen molar-refractivity contribution in [1.29, 1.82) is 0 Å². The number of aliphatic hydroxyl groups excluding tert-OH is 1. The lowest BCUT2D eigenvalue weighted by Crippen LogP contribution is -1.96. The fourth-order valence-corrected chi connectivity index (χ4v) is 1.74. The van der Waals surface area contributed by atoms with E-state index < -0.39 is 0 Å². The van der Waals surface area contributed by atoms with Crippen molar-refractivity contribution in [2.24, 2.45) is 0 Å². The Labute approximate surface area is 82.7 Å². The van der Waals surface area contributed by atoms with Crippen LogP contribution in [0.5, 0.6) is 0 Å². The molecule has 0 unspecified atom stereocenters. The van der Waals surface area contributed by atoms with Gasteiger partial charge in [0.15, 0.2) is 5.16 Å². The highest BCUT2D eigenvalue weighted by molar-refractivity contribution is 9.10. The average Bonchev–Trinajstić information content (AvgIpc) is 1.99. The van der Waals surface area contributed by atoms with Gasteiger partial charge in [-0.2, -0.15) is 0 Å². The van der Waals surface area contributed by atoms with Gasteiger partial charge in [-0.1, -0.05) is 11.8 Å². The SMILES string of the molecule is Nc1cc(Br)nc(SCCO)n1. The number of nitrogens with two attached hydrogens (primary N) is 1. The first kappa shape index (κ1) is 9.76. The van der Waals surface area contributed by atoms with Gasteiger partial charge in [-0.05, 0) is 15.9 Å². The molecular weight excluding hydrogens is 242 g/mol. The number of halogens is 1. The van der Waals surface area contributed by atoms with Gasteiger partial charge in [0, 0.05) is 11.8 Å². The van der Waals surface area contributed by atoms with Gasteiger partial charge < -0.3 is 10.8 Å². The van der Waals surface area contributed by atoms with E-state index in [0.717, 1.165) is 0 Å². The summed E-state index contributed by atoms with van der Waals surface area (Å²) in [6, 6.07) is 1.63. The number of anilines is 1. The average molecular weight is 250 g/mol. The molecule has 1 heterocycles. The molecule has 0 spiro atoms. The van der Waals surface area contributed by atoms with Crippen LogP contribution < -0.4 is 5.73 Å². The maximum atomic E-state index is 8.55. The summed E-state index contributed by atoms with van der Waals surface area (Å²) in [4.78, 5) is 8.01. The van der Waals surface area contributed by atoms with E-state index in [1.165, 1.54) is 11.8 Å². The minimum atomic E-state index is 0.112. The molecule has 0 fully saturated rings. The van der Waals surface area contributed by atoms with Crippen LogP contribution in [0.1, 0.15) is 0 Å². The Hall–Kier alpha value is -0.330. The lowest BCUT2D eigenvalue weighted by atomic mass is 10.6. The van der Waals surface area contributed by atoms with E-state index in [1.54, 1.807) is 6.07 Å². The van der Waals surface area contributed by atoms with Gasteiger partial charge >= 0.3 is 0 Å². The molecule has 66 valence electrons. The predicted molar refractivity (Wildman–Crippen MR) is 52.0 cm³/mol. The molecule has 4 nitrogen and oxygen atoms in total. The Morgan fingerprint density at radius 3 is 2.92 bits per heavy atom. The van der Waals surface area contributed by atoms with Gasteiger partial charge in [0.25, 0.3) is 0 Å². The van der Waals surface area contributed by atoms with Crippen LogP contribution in [0.2, 0.25) is 0 Å². The summed E-state index contributed by atoms with van der Waals surface area (Å²) >= 11 is 4.56. The van der Waals surface area contributed by atoms with E-state index in [4.69, 9.17) is 10.8 Å². The third kappa shape index (κ3) is 2.96. The Kier molecular flexibility index (Phi) is 3.77. The Bertz CT molecular complexity index is 251. The van der Waals surface area contributed by atoms with Crippen LogP contribution in [0.4, 0.5) is 5.82 Å². The monoisotopic (exact) mass is 249 g/mol. The lowest BCUT2D eigenvalue weighted by molar-refractivity contribution is 0.322. The fraction of sp³-hybridized carbons (Fsp3) is 0.333. The number of hydrogen-bond acceptors (Lipinski definition) is 5. The molecule has 0 saturated heterocycles. The van der Waals surface area contributed by atoms with Gasteiger partial charge in [-0.25, -0.2) is 9.97 Å². The molecule has 0 saturated carbocycles. The number of hydrogen-bond donors (Lipinski definition) is 2. The first-order chi connectivity index (χ1) is 5.72. The van der Waals surface area contributed by atoms with E-state index in [2.05, 4.69) is 25.9 Å². The summed E-state index contributed by atoms with van der Waals surface area (Å²) < 4.78 is 0.662. The van der Waals surface area contributed by atoms with Gasteiger partial charge in [-0.15, -0.1) is 0 Å². The summed E-state index contributed by atoms with van der Waals surface area (Å²) in [7, 11) is 0. The van der Waals surface area contributed by atoms with E-state index in [-0.39, 0.29) is 6.61 Å². The van der Waals surface area contributed by atoms with Gasteiger partial charge in [-0.3, -0.25) is 0 Å². The summed E-state index contributed by atoms with van der Waals surface area (Å²) in [5.74, 6) is 1.01. The van der Waals surface area contributed by atoms with Crippen molar-refractivity contribution in [2.75, 3.05) is 18.1 Å². The van der Waals surface area contributed by atoms with Crippen LogP contribution in [-0.2, 0) is 0 Å². The second-order valence-corrected chi connectivity index (χ2v) is 3.84. The van der Waals surface area contributed by atoms with E-state index in [9.17, 15) is 0 Å². The largest absolute Gasteiger partial charge is 0.396 e. The molecule has 3 N–H and O–H groups in total. The molecule has 0 aliphatic heterocycles. The number of aromatic nitrogens is 2. The van der Waals surface area contributed by atoms with Gasteiger partial charge in [0.2, 0.25) is 0 Å². The van der Waals surface area contributed by atoms with Crippen LogP contribution >= 0.6 is 27.7 Å². The van der Waals surface area contributed by atoms with Crippen molar-refractivity contribution in [3.05, 3.63) is 10.7 Å². The molecule has 1 aromatic rings. The van der Waals surface area contributed by atoms with Crippen LogP contribution in [0.25, 0.3) is 0 Å². The summed E-state index contributed by atoms with van der Waals surface area (Å²) in [5.41, 5.74) is 5.47. The zero-order chi connectivity index (χ0) is 8.97. The lowest BCUT2D eigenvalue weighted by Gasteiger charge is -1.99. The van der Waals surface area contributed by atoms with E-state index in [1.807, 2.05) is 0 Å². The second kappa shape index (κ2) is 4.64. The van der Waals surface area contributed by atoms with Crippen LogP contribution in [0.15, 0.2) is 15.8 Å². The first-order valence-electron chi connectivity index (χ1n) is 3.26. The van der Waals surface area contributed by atoms with Crippen molar-refractivity contribution < 1.29 is 5.11 Å². The molecule has 0 aliphatic carbocycles. The third-order valence-corrected chi connectivity index (χ3v) is 2.25. The maximum Gasteiger partial charge on any atom is 0.190 e. The summed E-state index contributed by atoms with van der Waals surface area (Å²) in [5, 5.41) is 9.13. The third-order valence-electron chi connectivity index (χ3n) is 1.02. The molecule has 0 radical (unpaired) electrons. The summed E-state index contributed by atoms with van der Waals surface area (Å²) in [6.45, 7) is 0.112. The molecule has 1 rings (SSSR count). The molecule has 0 aromatic carbocycles. The normalized spacial score (nSPS) is 10.2. The molecule has 0 bridgehead atoms. The maximum absolute atomic E-state index is 8.55. The molecule has 0 amide bonds. The van der Waals surface area contributed by atoms with Crippen molar-refractivity contribution >= 4 is 33.5 Å². The predicted octanol–water partition coefficient (Wildman–Crippen LogP) is 0.906. The van der Waals surface area contributed by atoms with Gasteiger partial charge in [0.1, 0.15) is 10.4 Å². The molecular formula is C6H8BrN3OS. The van der Waals surface area contributed by atoms with Crippen molar-refractivity contribution in [2.45, 2.75) is 5.16 Å². The minimum absolute atomic E-state index is 0.112. The molecule has 6 heteroatoms. The molecule has 1 aromatic heterocycles. The quantitative estimate of drug-likeness (QED) is 0.474. The number of thioether (sulfide) groups is 1. The molecule has 0 aliphatic rings. The zero-order valence-corrected chi connectivity index (χ0v) is 8.60. The number of rotatable bonds is 3. The minimum Gasteiger partial charge on any atom is -0.396 e. The number of nitrogens with zero attached hydrogens (tertiary/aromatic N) is 2. The smallest absolute Gasteiger partial charge is 0.190 e. The van der Waals surface area contributed by atoms with E-state index in [0.29, 0.717) is 21.3 Å². The summed E-state index contributed by atoms with van der Waals surface area (Å²) in [6.07, 6.45) is 0. The zero-order valence-electron chi connectivity index (χ0n) is 6.20. The Morgan fingerprint density at radius 1 is 1.58 bits per heavy atom. The topological polar surface area (TPSA) is 72.0 Å². The standard InChI is InChI=1S/C6H8BrN3OS/c7-4-3-5(8)10-6(9-4)12-2-1-11/h3,11H,1-2H2,(H2,8,9,10). The molecule has 12 heavy (non-hydrogen) atoms. The Balaban J connectivity index is 2.72. The highest BCUT2D eigenvalue weighted by atomic mass is 79.9. The second-order valence-electron chi connectivity index (χ2n) is 1.97. The van der Waals surface area contributed by atoms with Crippen LogP contribution in [0.3, 0.4) is 0 Å². The van der Waals surface area contributed by atoms with E-state index >= 15 is 0 Å². The van der Waals surface area contributed by atoms with Crippen LogP contribution in [-0.4, -0.2) is 27.4 Å². The Morgan fingerprint density at radius 2 is 2.33 bits per heavy atom. The first-order valence-corrected chi connectivity index (χ1v) is 5.04. The fourth-order valence-electron chi connectivity index (χ4n) is 0.615.